The van der Waals surface area contributed by atoms with Crippen molar-refractivity contribution >= 4 is 18.0 Å². The Hall–Kier alpha value is -4.94. The highest BCUT2D eigenvalue weighted by molar-refractivity contribution is 5.98. The molecular formula is C38H44FN5O8. The third-order valence-electron chi connectivity index (χ3n) is 9.19. The third-order valence-corrected chi connectivity index (χ3v) is 9.19. The quantitative estimate of drug-likeness (QED) is 0.133. The van der Waals surface area contributed by atoms with E-state index in [0.29, 0.717) is 18.6 Å². The fraction of sp³-hybridized carbons (Fsp3) is 0.447. The van der Waals surface area contributed by atoms with E-state index in [2.05, 4.69) is 15.7 Å². The van der Waals surface area contributed by atoms with E-state index in [-0.39, 0.29) is 37.6 Å². The number of fused-ring (bicyclic) bond motifs is 1. The number of hydrogen-bond acceptors (Lipinski definition) is 11. The number of aromatic nitrogens is 1. The molecule has 0 bridgehead atoms. The van der Waals surface area contributed by atoms with E-state index in [1.807, 2.05) is 36.4 Å². The molecule has 0 saturated carbocycles. The summed E-state index contributed by atoms with van der Waals surface area (Å²) in [7, 11) is 1.21. The number of aliphatic hydroxyl groups excluding tert-OH is 1. The highest BCUT2D eigenvalue weighted by atomic mass is 19.1. The Bertz CT molecular complexity index is 1750. The second-order valence-corrected chi connectivity index (χ2v) is 14.0. The molecule has 5 rings (SSSR count). The van der Waals surface area contributed by atoms with Gasteiger partial charge in [-0.15, -0.1) is 0 Å². The first-order valence-corrected chi connectivity index (χ1v) is 17.1. The number of halogens is 1. The van der Waals surface area contributed by atoms with E-state index < -0.39 is 59.7 Å². The highest BCUT2D eigenvalue weighted by Crippen LogP contribution is 2.33. The largest absolute Gasteiger partial charge is 0.468 e. The minimum atomic E-state index is -1.34. The number of ether oxygens (including phenoxy) is 4. The van der Waals surface area contributed by atoms with Gasteiger partial charge >= 0.3 is 12.1 Å². The van der Waals surface area contributed by atoms with Gasteiger partial charge in [-0.2, -0.15) is 5.26 Å². The highest BCUT2D eigenvalue weighted by Gasteiger charge is 2.44. The van der Waals surface area contributed by atoms with E-state index in [4.69, 9.17) is 18.9 Å². The standard InChI is InChI=1S/C38H44FN5O8/c1-38(2,3)33(35(47)49-4)34(46)42-30(17-23-7-10-25(11-8-23)27-6-5-14-41-19-27)31(45)21-44(20-24-9-12-26(18-40)29(39)16-24)43-37(48)52-32-22-51-36-28(32)13-15-50-36/h5-12,14,16,19,28,30-33,36,45H,13,15,17,20-22H2,1-4H3,(H,42,46)(H,43,48). The molecular weight excluding hydrogens is 673 g/mol. The summed E-state index contributed by atoms with van der Waals surface area (Å²) in [6.07, 6.45) is 1.07. The van der Waals surface area contributed by atoms with Gasteiger partial charge in [-0.1, -0.05) is 57.2 Å². The summed E-state index contributed by atoms with van der Waals surface area (Å²) < 4.78 is 36.4. The molecule has 0 aliphatic carbocycles. The second kappa shape index (κ2) is 17.1. The molecule has 6 unspecified atom stereocenters. The van der Waals surface area contributed by atoms with Gasteiger partial charge in [0, 0.05) is 25.5 Å². The number of hydrogen-bond donors (Lipinski definition) is 3. The molecule has 2 aliphatic rings. The second-order valence-electron chi connectivity index (χ2n) is 14.0. The first-order valence-electron chi connectivity index (χ1n) is 17.1. The van der Waals surface area contributed by atoms with Crippen molar-refractivity contribution in [3.8, 4) is 17.2 Å². The number of rotatable bonds is 13. The number of nitriles is 1. The topological polar surface area (TPSA) is 172 Å². The third kappa shape index (κ3) is 9.68. The molecule has 3 N–H and O–H groups in total. The van der Waals surface area contributed by atoms with E-state index in [1.165, 1.54) is 30.3 Å². The number of nitrogens with one attached hydrogen (secondary N) is 2. The molecule has 2 aromatic carbocycles. The molecule has 2 fully saturated rings. The van der Waals surface area contributed by atoms with Crippen molar-refractivity contribution in [1.82, 2.24) is 20.7 Å². The molecule has 13 nitrogen and oxygen atoms in total. The maximum absolute atomic E-state index is 14.6. The molecule has 0 spiro atoms. The molecule has 2 saturated heterocycles. The van der Waals surface area contributed by atoms with Gasteiger partial charge in [-0.05, 0) is 58.7 Å². The lowest BCUT2D eigenvalue weighted by molar-refractivity contribution is -0.155. The lowest BCUT2D eigenvalue weighted by Gasteiger charge is -2.33. The van der Waals surface area contributed by atoms with Gasteiger partial charge in [0.15, 0.2) is 6.29 Å². The smallest absolute Gasteiger partial charge is 0.422 e. The number of carbonyl (C=O) groups excluding carboxylic acids is 3. The number of amides is 2. The van der Waals surface area contributed by atoms with Crippen molar-refractivity contribution in [3.63, 3.8) is 0 Å². The van der Waals surface area contributed by atoms with E-state index in [1.54, 1.807) is 39.2 Å². The molecule has 276 valence electrons. The van der Waals surface area contributed by atoms with Gasteiger partial charge in [-0.3, -0.25) is 20.0 Å². The van der Waals surface area contributed by atoms with Gasteiger partial charge in [0.05, 0.1) is 44.0 Å². The van der Waals surface area contributed by atoms with E-state index >= 15 is 0 Å². The van der Waals surface area contributed by atoms with Crippen molar-refractivity contribution in [2.45, 2.75) is 64.7 Å². The van der Waals surface area contributed by atoms with Crippen molar-refractivity contribution in [1.29, 1.82) is 5.26 Å². The Morgan fingerprint density at radius 3 is 2.52 bits per heavy atom. The minimum Gasteiger partial charge on any atom is -0.468 e. The van der Waals surface area contributed by atoms with Crippen LogP contribution in [-0.4, -0.2) is 84.5 Å². The van der Waals surface area contributed by atoms with Crippen LogP contribution in [0.25, 0.3) is 11.1 Å². The molecule has 0 radical (unpaired) electrons. The predicted molar refractivity (Wildman–Crippen MR) is 185 cm³/mol. The summed E-state index contributed by atoms with van der Waals surface area (Å²) >= 11 is 0. The molecule has 1 aromatic heterocycles. The van der Waals surface area contributed by atoms with Crippen LogP contribution in [0.4, 0.5) is 9.18 Å². The minimum absolute atomic E-state index is 0.0988. The van der Waals surface area contributed by atoms with Crippen LogP contribution in [0.2, 0.25) is 0 Å². The summed E-state index contributed by atoms with van der Waals surface area (Å²) in [5, 5.41) is 25.2. The maximum Gasteiger partial charge on any atom is 0.422 e. The van der Waals surface area contributed by atoms with Crippen LogP contribution in [0.15, 0.2) is 67.0 Å². The Labute approximate surface area is 302 Å². The first-order chi connectivity index (χ1) is 24.9. The zero-order chi connectivity index (χ0) is 37.4. The van der Waals surface area contributed by atoms with E-state index in [0.717, 1.165) is 16.7 Å². The zero-order valence-electron chi connectivity index (χ0n) is 29.6. The Morgan fingerprint density at radius 1 is 1.12 bits per heavy atom. The monoisotopic (exact) mass is 717 g/mol. The fourth-order valence-corrected chi connectivity index (χ4v) is 6.45. The van der Waals surface area contributed by atoms with Crippen molar-refractivity contribution in [2.75, 3.05) is 26.9 Å². The summed E-state index contributed by atoms with van der Waals surface area (Å²) in [6, 6.07) is 16.1. The summed E-state index contributed by atoms with van der Waals surface area (Å²) in [6.45, 7) is 5.50. The van der Waals surface area contributed by atoms with E-state index in [9.17, 15) is 29.1 Å². The number of pyridine rings is 1. The van der Waals surface area contributed by atoms with Crippen molar-refractivity contribution in [3.05, 3.63) is 89.5 Å². The van der Waals surface area contributed by atoms with Gasteiger partial charge in [0.25, 0.3) is 0 Å². The normalized spacial score (nSPS) is 19.9. The number of nitrogens with zero attached hydrogens (tertiary/aromatic N) is 3. The lowest BCUT2D eigenvalue weighted by Crippen LogP contribution is -2.55. The molecule has 2 amide bonds. The molecule has 3 aromatic rings. The predicted octanol–water partition coefficient (Wildman–Crippen LogP) is 3.89. The molecule has 14 heteroatoms. The zero-order valence-corrected chi connectivity index (χ0v) is 29.6. The molecule has 6 atom stereocenters. The van der Waals surface area contributed by atoms with Crippen LogP contribution in [-0.2, 0) is 41.5 Å². The summed E-state index contributed by atoms with van der Waals surface area (Å²) in [5.41, 5.74) is 4.69. The SMILES string of the molecule is COC(=O)C(C(=O)NC(Cc1ccc(-c2cccnc2)cc1)C(O)CN(Cc1ccc(C#N)c(F)c1)NC(=O)OC1COC2OCCC12)C(C)(C)C. The van der Waals surface area contributed by atoms with Crippen LogP contribution >= 0.6 is 0 Å². The van der Waals surface area contributed by atoms with Crippen LogP contribution in [0.3, 0.4) is 0 Å². The molecule has 3 heterocycles. The van der Waals surface area contributed by atoms with Gasteiger partial charge in [0.1, 0.15) is 23.9 Å². The number of aliphatic hydroxyl groups is 1. The van der Waals surface area contributed by atoms with Crippen molar-refractivity contribution in [2.24, 2.45) is 17.3 Å². The first kappa shape index (κ1) is 38.3. The number of esters is 1. The molecule has 2 aliphatic heterocycles. The van der Waals surface area contributed by atoms with Gasteiger partial charge < -0.3 is 29.4 Å². The Balaban J connectivity index is 1.39. The Morgan fingerprint density at radius 2 is 1.87 bits per heavy atom. The number of hydrazine groups is 1. The Kier molecular flexibility index (Phi) is 12.6. The van der Waals surface area contributed by atoms with Crippen LogP contribution in [0.5, 0.6) is 0 Å². The van der Waals surface area contributed by atoms with Gasteiger partial charge in [-0.25, -0.2) is 14.2 Å². The average Bonchev–Trinajstić information content (AvgIpc) is 3.73. The number of benzene rings is 2. The number of carbonyl (C=O) groups is 3. The molecule has 52 heavy (non-hydrogen) atoms. The number of methoxy groups -OCH3 is 1. The van der Waals surface area contributed by atoms with Gasteiger partial charge in [0.2, 0.25) is 5.91 Å². The van der Waals surface area contributed by atoms with Crippen LogP contribution < -0.4 is 10.7 Å². The van der Waals surface area contributed by atoms with Crippen LogP contribution in [0, 0.1) is 34.4 Å². The fourth-order valence-electron chi connectivity index (χ4n) is 6.45. The summed E-state index contributed by atoms with van der Waals surface area (Å²) in [4.78, 5) is 43.9. The van der Waals surface area contributed by atoms with Crippen LogP contribution in [0.1, 0.15) is 43.9 Å². The average molecular weight is 718 g/mol. The van der Waals surface area contributed by atoms with Crippen molar-refractivity contribution < 1.29 is 42.8 Å². The lowest BCUT2D eigenvalue weighted by atomic mass is 9.80. The summed E-state index contributed by atoms with van der Waals surface area (Å²) in [5.74, 6) is -3.42. The maximum atomic E-state index is 14.6.